The minimum atomic E-state index is -0.524. The number of esters is 1. The van der Waals surface area contributed by atoms with Gasteiger partial charge < -0.3 is 19.4 Å². The molecule has 0 fully saturated rings. The van der Waals surface area contributed by atoms with E-state index < -0.39 is 11.9 Å². The molecule has 0 radical (unpaired) electrons. The molecule has 0 saturated carbocycles. The Morgan fingerprint density at radius 1 is 1.13 bits per heavy atom. The molecule has 0 amide bonds. The van der Waals surface area contributed by atoms with Crippen molar-refractivity contribution in [1.29, 1.82) is 0 Å². The molecule has 0 aliphatic heterocycles. The zero-order valence-corrected chi connectivity index (χ0v) is 16.8. The van der Waals surface area contributed by atoms with Gasteiger partial charge in [0, 0.05) is 16.4 Å². The summed E-state index contributed by atoms with van der Waals surface area (Å²) in [6, 6.07) is 12.9. The summed E-state index contributed by atoms with van der Waals surface area (Å²) >= 11 is 1.44. The third-order valence-electron chi connectivity index (χ3n) is 4.97. The van der Waals surface area contributed by atoms with Gasteiger partial charge in [0.2, 0.25) is 5.43 Å². The van der Waals surface area contributed by atoms with E-state index in [4.69, 9.17) is 9.15 Å². The molecule has 7 heteroatoms. The van der Waals surface area contributed by atoms with Crippen LogP contribution < -0.4 is 5.43 Å². The fourth-order valence-electron chi connectivity index (χ4n) is 3.47. The Bertz CT molecular complexity index is 1260. The van der Waals surface area contributed by atoms with E-state index in [-0.39, 0.29) is 28.9 Å². The molecule has 152 valence electrons. The maximum Gasteiger partial charge on any atom is 0.306 e. The molecule has 2 heterocycles. The predicted molar refractivity (Wildman–Crippen MR) is 114 cm³/mol. The van der Waals surface area contributed by atoms with Crippen LogP contribution in [0.4, 0.5) is 0 Å². The van der Waals surface area contributed by atoms with Crippen LogP contribution in [0.5, 0.6) is 11.5 Å². The lowest BCUT2D eigenvalue weighted by molar-refractivity contribution is -0.140. The van der Waals surface area contributed by atoms with Gasteiger partial charge in [-0.3, -0.25) is 9.59 Å². The highest BCUT2D eigenvalue weighted by Crippen LogP contribution is 2.40. The van der Waals surface area contributed by atoms with Crippen molar-refractivity contribution in [2.75, 3.05) is 7.11 Å². The molecule has 4 aromatic rings. The van der Waals surface area contributed by atoms with E-state index in [9.17, 15) is 19.8 Å². The number of ether oxygens (including phenoxy) is 1. The SMILES string of the molecule is COC(=O)C[C@@H](c1cccs1)c1c(O)ccc2c(=O)c(-c3ccc(O)cc3)coc12. The summed E-state index contributed by atoms with van der Waals surface area (Å²) in [5, 5.41) is 22.3. The second-order valence-electron chi connectivity index (χ2n) is 6.75. The summed E-state index contributed by atoms with van der Waals surface area (Å²) < 4.78 is 10.7. The lowest BCUT2D eigenvalue weighted by atomic mass is 9.91. The van der Waals surface area contributed by atoms with Crippen LogP contribution in [0.25, 0.3) is 22.1 Å². The number of hydrogen-bond acceptors (Lipinski definition) is 7. The van der Waals surface area contributed by atoms with Crippen LogP contribution in [-0.4, -0.2) is 23.3 Å². The molecule has 0 aliphatic rings. The van der Waals surface area contributed by atoms with Crippen LogP contribution in [0.3, 0.4) is 0 Å². The van der Waals surface area contributed by atoms with Gasteiger partial charge in [0.1, 0.15) is 23.3 Å². The molecule has 0 saturated heterocycles. The highest BCUT2D eigenvalue weighted by atomic mass is 32.1. The highest BCUT2D eigenvalue weighted by Gasteiger charge is 2.27. The summed E-state index contributed by atoms with van der Waals surface area (Å²) in [4.78, 5) is 26.1. The standard InChI is InChI=1S/C23H18O6S/c1-28-20(26)11-16(19-3-2-10-30-19)21-18(25)9-8-15-22(27)17(12-29-23(15)21)13-4-6-14(24)7-5-13/h2-10,12,16,24-25H,11H2,1H3/t16-/m0/s1. The van der Waals surface area contributed by atoms with Crippen LogP contribution in [0.1, 0.15) is 22.8 Å². The maximum absolute atomic E-state index is 13.2. The van der Waals surface area contributed by atoms with Gasteiger partial charge in [-0.15, -0.1) is 11.3 Å². The summed E-state index contributed by atoms with van der Waals surface area (Å²) in [7, 11) is 1.31. The summed E-state index contributed by atoms with van der Waals surface area (Å²) in [6.45, 7) is 0. The van der Waals surface area contributed by atoms with Crippen molar-refractivity contribution in [1.82, 2.24) is 0 Å². The van der Waals surface area contributed by atoms with Gasteiger partial charge in [-0.2, -0.15) is 0 Å². The quantitative estimate of drug-likeness (QED) is 0.455. The average Bonchev–Trinajstić information content (AvgIpc) is 3.28. The summed E-state index contributed by atoms with van der Waals surface area (Å²) in [5.41, 5.74) is 1.26. The molecule has 4 rings (SSSR count). The minimum absolute atomic E-state index is 0.00683. The number of carbonyl (C=O) groups is 1. The second kappa shape index (κ2) is 8.04. The van der Waals surface area contributed by atoms with Gasteiger partial charge in [-0.1, -0.05) is 18.2 Å². The van der Waals surface area contributed by atoms with E-state index in [0.717, 1.165) is 4.88 Å². The van der Waals surface area contributed by atoms with Crippen molar-refractivity contribution in [3.05, 3.63) is 80.8 Å². The van der Waals surface area contributed by atoms with E-state index in [1.165, 1.54) is 49.0 Å². The molecule has 6 nitrogen and oxygen atoms in total. The first-order valence-electron chi connectivity index (χ1n) is 9.16. The number of phenolic OH excluding ortho intramolecular Hbond substituents is 2. The smallest absolute Gasteiger partial charge is 0.306 e. The van der Waals surface area contributed by atoms with Crippen LogP contribution in [0.15, 0.2) is 69.4 Å². The maximum atomic E-state index is 13.2. The fourth-order valence-corrected chi connectivity index (χ4v) is 4.31. The van der Waals surface area contributed by atoms with Crippen LogP contribution in [0.2, 0.25) is 0 Å². The van der Waals surface area contributed by atoms with Gasteiger partial charge in [-0.05, 0) is 41.3 Å². The molecule has 1 atom stereocenters. The number of thiophene rings is 1. The van der Waals surface area contributed by atoms with Crippen LogP contribution >= 0.6 is 11.3 Å². The van der Waals surface area contributed by atoms with Gasteiger partial charge in [0.05, 0.1) is 24.5 Å². The fraction of sp³-hybridized carbons (Fsp3) is 0.130. The number of benzene rings is 2. The molecule has 0 unspecified atom stereocenters. The largest absolute Gasteiger partial charge is 0.508 e. The summed E-state index contributed by atoms with van der Waals surface area (Å²) in [5.74, 6) is -0.931. The lowest BCUT2D eigenvalue weighted by Gasteiger charge is -2.18. The zero-order valence-electron chi connectivity index (χ0n) is 16.0. The minimum Gasteiger partial charge on any atom is -0.508 e. The Labute approximate surface area is 175 Å². The van der Waals surface area contributed by atoms with E-state index in [1.807, 2.05) is 17.5 Å². The normalized spacial score (nSPS) is 12.0. The Hall–Kier alpha value is -3.58. The van der Waals surface area contributed by atoms with Crippen molar-refractivity contribution < 1.29 is 24.2 Å². The molecular weight excluding hydrogens is 404 g/mol. The predicted octanol–water partition coefficient (Wildman–Crippen LogP) is 4.63. The van der Waals surface area contributed by atoms with Crippen molar-refractivity contribution in [2.24, 2.45) is 0 Å². The molecule has 0 bridgehead atoms. The first-order chi connectivity index (χ1) is 14.5. The average molecular weight is 422 g/mol. The van der Waals surface area contributed by atoms with Crippen LogP contribution in [0, 0.1) is 0 Å². The lowest BCUT2D eigenvalue weighted by Crippen LogP contribution is -2.12. The van der Waals surface area contributed by atoms with E-state index >= 15 is 0 Å². The Balaban J connectivity index is 1.92. The van der Waals surface area contributed by atoms with Gasteiger partial charge in [0.25, 0.3) is 0 Å². The van der Waals surface area contributed by atoms with Gasteiger partial charge >= 0.3 is 5.97 Å². The Kier molecular flexibility index (Phi) is 5.29. The Morgan fingerprint density at radius 2 is 1.90 bits per heavy atom. The van der Waals surface area contributed by atoms with Crippen LogP contribution in [-0.2, 0) is 9.53 Å². The molecular formula is C23H18O6S. The number of phenols is 2. The third-order valence-corrected chi connectivity index (χ3v) is 5.95. The number of hydrogen-bond donors (Lipinski definition) is 2. The van der Waals surface area contributed by atoms with Crippen molar-refractivity contribution in [3.63, 3.8) is 0 Å². The molecule has 0 spiro atoms. The van der Waals surface area contributed by atoms with Crippen molar-refractivity contribution in [2.45, 2.75) is 12.3 Å². The molecule has 30 heavy (non-hydrogen) atoms. The number of rotatable bonds is 5. The van der Waals surface area contributed by atoms with E-state index in [2.05, 4.69) is 0 Å². The Morgan fingerprint density at radius 3 is 2.57 bits per heavy atom. The summed E-state index contributed by atoms with van der Waals surface area (Å²) in [6.07, 6.45) is 1.33. The van der Waals surface area contributed by atoms with Crippen molar-refractivity contribution in [3.8, 4) is 22.6 Å². The molecule has 0 aliphatic carbocycles. The molecule has 2 aromatic heterocycles. The zero-order chi connectivity index (χ0) is 21.3. The molecule has 2 N–H and O–H groups in total. The van der Waals surface area contributed by atoms with Gasteiger partial charge in [0.15, 0.2) is 0 Å². The topological polar surface area (TPSA) is 97.0 Å². The number of carbonyl (C=O) groups excluding carboxylic acids is 1. The molecule has 2 aromatic carbocycles. The van der Waals surface area contributed by atoms with Crippen molar-refractivity contribution >= 4 is 28.3 Å². The number of fused-ring (bicyclic) bond motifs is 1. The monoisotopic (exact) mass is 422 g/mol. The highest BCUT2D eigenvalue weighted by molar-refractivity contribution is 7.10. The number of aromatic hydroxyl groups is 2. The van der Waals surface area contributed by atoms with E-state index in [0.29, 0.717) is 22.1 Å². The first kappa shape index (κ1) is 19.7. The first-order valence-corrected chi connectivity index (χ1v) is 10.0. The third kappa shape index (κ3) is 3.55. The van der Waals surface area contributed by atoms with Gasteiger partial charge in [-0.25, -0.2) is 0 Å². The van der Waals surface area contributed by atoms with E-state index in [1.54, 1.807) is 12.1 Å². The second-order valence-corrected chi connectivity index (χ2v) is 7.73. The number of methoxy groups -OCH3 is 1.